The number of rotatable bonds is 11. The number of hydrogen-bond donors (Lipinski definition) is 1. The zero-order valence-corrected chi connectivity index (χ0v) is 13.5. The van der Waals surface area contributed by atoms with Gasteiger partial charge in [-0.3, -0.25) is 4.90 Å². The molecule has 1 aromatic heterocycles. The van der Waals surface area contributed by atoms with Crippen molar-refractivity contribution in [3.8, 4) is 0 Å². The van der Waals surface area contributed by atoms with Crippen molar-refractivity contribution in [1.82, 2.24) is 10.2 Å². The fourth-order valence-corrected chi connectivity index (χ4v) is 2.32. The van der Waals surface area contributed by atoms with Gasteiger partial charge in [0.05, 0.1) is 19.8 Å². The average Bonchev–Trinajstić information content (AvgIpc) is 3.24. The van der Waals surface area contributed by atoms with Gasteiger partial charge in [-0.25, -0.2) is 0 Å². The zero-order valence-electron chi connectivity index (χ0n) is 13.5. The summed E-state index contributed by atoms with van der Waals surface area (Å²) in [6.07, 6.45) is 2.60. The third kappa shape index (κ3) is 5.79. The Labute approximate surface area is 127 Å². The van der Waals surface area contributed by atoms with Crippen molar-refractivity contribution in [2.75, 3.05) is 40.5 Å². The maximum absolute atomic E-state index is 5.85. The molecule has 1 fully saturated rings. The van der Waals surface area contributed by atoms with Gasteiger partial charge >= 0.3 is 0 Å². The molecule has 0 aromatic carbocycles. The van der Waals surface area contributed by atoms with Crippen LogP contribution in [0.25, 0.3) is 0 Å². The summed E-state index contributed by atoms with van der Waals surface area (Å²) < 4.78 is 16.2. The summed E-state index contributed by atoms with van der Waals surface area (Å²) in [5.41, 5.74) is 1.26. The highest BCUT2D eigenvalue weighted by molar-refractivity contribution is 5.21. The number of nitrogens with one attached hydrogen (secondary N) is 1. The van der Waals surface area contributed by atoms with Gasteiger partial charge in [-0.1, -0.05) is 0 Å². The second-order valence-corrected chi connectivity index (χ2v) is 5.71. The van der Waals surface area contributed by atoms with E-state index in [1.807, 2.05) is 6.92 Å². The molecule has 1 N–H and O–H groups in total. The van der Waals surface area contributed by atoms with E-state index < -0.39 is 0 Å². The van der Waals surface area contributed by atoms with Crippen LogP contribution in [0.3, 0.4) is 0 Å². The van der Waals surface area contributed by atoms with Gasteiger partial charge in [-0.2, -0.15) is 0 Å². The van der Waals surface area contributed by atoms with E-state index in [-0.39, 0.29) is 0 Å². The van der Waals surface area contributed by atoms with Crippen LogP contribution in [0.2, 0.25) is 0 Å². The SMILES string of the molecule is COCCN(CCOC)Cc1cc(CNC2CC2)oc1C. The van der Waals surface area contributed by atoms with E-state index in [1.165, 1.54) is 18.4 Å². The van der Waals surface area contributed by atoms with Crippen LogP contribution in [0.1, 0.15) is 29.9 Å². The summed E-state index contributed by atoms with van der Waals surface area (Å²) >= 11 is 0. The second-order valence-electron chi connectivity index (χ2n) is 5.71. The molecule has 0 aliphatic heterocycles. The molecule has 1 aliphatic rings. The highest BCUT2D eigenvalue weighted by Crippen LogP contribution is 2.21. The molecular weight excluding hydrogens is 268 g/mol. The Morgan fingerprint density at radius 3 is 2.48 bits per heavy atom. The molecule has 1 heterocycles. The Hall–Kier alpha value is -0.880. The number of nitrogens with zero attached hydrogens (tertiary/aromatic N) is 1. The largest absolute Gasteiger partial charge is 0.465 e. The molecule has 0 spiro atoms. The lowest BCUT2D eigenvalue weighted by Crippen LogP contribution is -2.30. The summed E-state index contributed by atoms with van der Waals surface area (Å²) in [6, 6.07) is 2.89. The Bertz CT molecular complexity index is 408. The fraction of sp³-hybridized carbons (Fsp3) is 0.750. The summed E-state index contributed by atoms with van der Waals surface area (Å²) in [6.45, 7) is 7.03. The van der Waals surface area contributed by atoms with Crippen LogP contribution in [0, 0.1) is 6.92 Å². The fourth-order valence-electron chi connectivity index (χ4n) is 2.32. The molecule has 0 amide bonds. The highest BCUT2D eigenvalue weighted by Gasteiger charge is 2.21. The summed E-state index contributed by atoms with van der Waals surface area (Å²) in [5, 5.41) is 3.49. The van der Waals surface area contributed by atoms with Crippen LogP contribution in [-0.4, -0.2) is 51.5 Å². The Kier molecular flexibility index (Phi) is 6.70. The molecule has 2 rings (SSSR count). The van der Waals surface area contributed by atoms with Gasteiger partial charge in [0, 0.05) is 45.5 Å². The van der Waals surface area contributed by atoms with Gasteiger partial charge in [0.2, 0.25) is 0 Å². The van der Waals surface area contributed by atoms with Crippen molar-refractivity contribution in [2.24, 2.45) is 0 Å². The molecule has 1 aromatic rings. The number of aryl methyl sites for hydroxylation is 1. The molecular formula is C16H28N2O3. The Morgan fingerprint density at radius 1 is 1.24 bits per heavy atom. The van der Waals surface area contributed by atoms with E-state index in [2.05, 4.69) is 16.3 Å². The lowest BCUT2D eigenvalue weighted by atomic mass is 10.2. The molecule has 21 heavy (non-hydrogen) atoms. The number of hydrogen-bond acceptors (Lipinski definition) is 5. The highest BCUT2D eigenvalue weighted by atomic mass is 16.5. The predicted octanol–water partition coefficient (Wildman–Crippen LogP) is 1.93. The molecule has 0 radical (unpaired) electrons. The topological polar surface area (TPSA) is 46.9 Å². The van der Waals surface area contributed by atoms with E-state index >= 15 is 0 Å². The molecule has 0 bridgehead atoms. The minimum atomic E-state index is 0.707. The van der Waals surface area contributed by atoms with E-state index in [0.29, 0.717) is 6.04 Å². The van der Waals surface area contributed by atoms with Gasteiger partial charge in [0.25, 0.3) is 0 Å². The number of furan rings is 1. The van der Waals surface area contributed by atoms with Crippen LogP contribution in [0.5, 0.6) is 0 Å². The Morgan fingerprint density at radius 2 is 1.90 bits per heavy atom. The van der Waals surface area contributed by atoms with Gasteiger partial charge < -0.3 is 19.2 Å². The molecule has 0 atom stereocenters. The van der Waals surface area contributed by atoms with Crippen molar-refractivity contribution in [3.05, 3.63) is 23.2 Å². The van der Waals surface area contributed by atoms with E-state index in [0.717, 1.165) is 50.9 Å². The third-order valence-corrected chi connectivity index (χ3v) is 3.83. The van der Waals surface area contributed by atoms with E-state index in [9.17, 15) is 0 Å². The zero-order chi connectivity index (χ0) is 15.1. The second kappa shape index (κ2) is 8.54. The molecule has 5 nitrogen and oxygen atoms in total. The van der Waals surface area contributed by atoms with Crippen molar-refractivity contribution in [3.63, 3.8) is 0 Å². The first kappa shape index (κ1) is 16.5. The quantitative estimate of drug-likeness (QED) is 0.676. The van der Waals surface area contributed by atoms with Crippen molar-refractivity contribution >= 4 is 0 Å². The number of ether oxygens (including phenoxy) is 2. The Balaban J connectivity index is 1.87. The standard InChI is InChI=1S/C16H28N2O3/c1-13-14(10-16(21-13)11-17-15-4-5-15)12-18(6-8-19-2)7-9-20-3/h10,15,17H,4-9,11-12H2,1-3H3. The van der Waals surface area contributed by atoms with Gasteiger partial charge in [0.1, 0.15) is 11.5 Å². The normalized spacial score (nSPS) is 15.0. The maximum atomic E-state index is 5.85. The molecule has 0 unspecified atom stereocenters. The van der Waals surface area contributed by atoms with Crippen molar-refractivity contribution in [2.45, 2.75) is 38.9 Å². The average molecular weight is 296 g/mol. The first-order valence-corrected chi connectivity index (χ1v) is 7.74. The van der Waals surface area contributed by atoms with Gasteiger partial charge in [0.15, 0.2) is 0 Å². The smallest absolute Gasteiger partial charge is 0.118 e. The number of methoxy groups -OCH3 is 2. The lowest BCUT2D eigenvalue weighted by Gasteiger charge is -2.21. The van der Waals surface area contributed by atoms with Crippen molar-refractivity contribution in [1.29, 1.82) is 0 Å². The van der Waals surface area contributed by atoms with E-state index in [4.69, 9.17) is 13.9 Å². The first-order chi connectivity index (χ1) is 10.2. The van der Waals surface area contributed by atoms with Crippen molar-refractivity contribution < 1.29 is 13.9 Å². The van der Waals surface area contributed by atoms with Gasteiger partial charge in [-0.05, 0) is 25.8 Å². The first-order valence-electron chi connectivity index (χ1n) is 7.74. The molecule has 120 valence electrons. The van der Waals surface area contributed by atoms with E-state index in [1.54, 1.807) is 14.2 Å². The molecule has 1 aliphatic carbocycles. The molecule has 1 saturated carbocycles. The molecule has 0 saturated heterocycles. The minimum Gasteiger partial charge on any atom is -0.465 e. The summed E-state index contributed by atoms with van der Waals surface area (Å²) in [5.74, 6) is 2.05. The monoisotopic (exact) mass is 296 g/mol. The van der Waals surface area contributed by atoms with Crippen LogP contribution < -0.4 is 5.32 Å². The lowest BCUT2D eigenvalue weighted by molar-refractivity contribution is 0.110. The van der Waals surface area contributed by atoms with Crippen LogP contribution in [-0.2, 0) is 22.6 Å². The summed E-state index contributed by atoms with van der Waals surface area (Å²) in [7, 11) is 3.47. The van der Waals surface area contributed by atoms with Crippen LogP contribution in [0.4, 0.5) is 0 Å². The van der Waals surface area contributed by atoms with Crippen LogP contribution in [0.15, 0.2) is 10.5 Å². The minimum absolute atomic E-state index is 0.707. The van der Waals surface area contributed by atoms with Crippen LogP contribution >= 0.6 is 0 Å². The molecule has 5 heteroatoms. The predicted molar refractivity (Wildman–Crippen MR) is 82.3 cm³/mol. The third-order valence-electron chi connectivity index (χ3n) is 3.83. The summed E-state index contributed by atoms with van der Waals surface area (Å²) in [4.78, 5) is 2.34. The maximum Gasteiger partial charge on any atom is 0.118 e. The van der Waals surface area contributed by atoms with Gasteiger partial charge in [-0.15, -0.1) is 0 Å².